The molecule has 3 heterocycles. The van der Waals surface area contributed by atoms with Crippen molar-refractivity contribution in [2.45, 2.75) is 64.0 Å². The molecule has 6 heteroatoms. The van der Waals surface area contributed by atoms with Gasteiger partial charge in [-0.3, -0.25) is 14.1 Å². The fourth-order valence-electron chi connectivity index (χ4n) is 8.89. The zero-order valence-corrected chi connectivity index (χ0v) is 18.9. The van der Waals surface area contributed by atoms with Crippen molar-refractivity contribution in [3.05, 3.63) is 35.8 Å². The zero-order chi connectivity index (χ0) is 21.5. The molecule has 170 valence electrons. The first-order valence-electron chi connectivity index (χ1n) is 12.8. The van der Waals surface area contributed by atoms with E-state index in [9.17, 15) is 4.79 Å². The summed E-state index contributed by atoms with van der Waals surface area (Å²) < 4.78 is 1.98. The monoisotopic (exact) mass is 433 g/mol. The van der Waals surface area contributed by atoms with Crippen LogP contribution in [0.4, 0.5) is 0 Å². The van der Waals surface area contributed by atoms with Gasteiger partial charge in [-0.2, -0.15) is 0 Å². The second kappa shape index (κ2) is 6.80. The SMILES string of the molecule is NC1CCCN(Cc2cn3c(C(=O)NCC45CC6CC7CC(C4)C7(C6)C5)cccc3n2)C1. The van der Waals surface area contributed by atoms with Crippen molar-refractivity contribution >= 4 is 11.6 Å². The smallest absolute Gasteiger partial charge is 0.268 e. The maximum absolute atomic E-state index is 13.3. The maximum atomic E-state index is 13.3. The standard InChI is InChI=1S/C26H35N5O/c27-20-3-2-6-30(12-20)13-21-14-31-22(4-1-5-23(31)29-21)24(32)28-16-25-9-17-7-18-8-19(11-25)26(18,10-17)15-25/h1,4-5,14,17-20H,2-3,6-13,15-16,27H2,(H,28,32). The molecule has 4 saturated carbocycles. The van der Waals surface area contributed by atoms with E-state index < -0.39 is 0 Å². The highest BCUT2D eigenvalue weighted by Crippen LogP contribution is 2.78. The Bertz CT molecular complexity index is 1080. The van der Waals surface area contributed by atoms with Crippen LogP contribution in [0.25, 0.3) is 5.65 Å². The molecule has 6 unspecified atom stereocenters. The Morgan fingerprint density at radius 2 is 2.16 bits per heavy atom. The van der Waals surface area contributed by atoms with Gasteiger partial charge < -0.3 is 11.1 Å². The van der Waals surface area contributed by atoms with Crippen LogP contribution < -0.4 is 11.1 Å². The van der Waals surface area contributed by atoms with Crippen LogP contribution in [0.3, 0.4) is 0 Å². The predicted molar refractivity (Wildman–Crippen MR) is 123 cm³/mol. The van der Waals surface area contributed by atoms with Gasteiger partial charge in [-0.15, -0.1) is 0 Å². The molecule has 32 heavy (non-hydrogen) atoms. The Morgan fingerprint density at radius 3 is 3.06 bits per heavy atom. The highest BCUT2D eigenvalue weighted by Gasteiger charge is 2.70. The first kappa shape index (κ1) is 19.5. The van der Waals surface area contributed by atoms with Gasteiger partial charge in [0.2, 0.25) is 0 Å². The largest absolute Gasteiger partial charge is 0.350 e. The fraction of sp³-hybridized carbons (Fsp3) is 0.692. The number of carbonyl (C=O) groups is 1. The van der Waals surface area contributed by atoms with Crippen LogP contribution in [0.1, 0.15) is 67.5 Å². The molecule has 0 radical (unpaired) electrons. The summed E-state index contributed by atoms with van der Waals surface area (Å²) in [5.74, 6) is 2.91. The summed E-state index contributed by atoms with van der Waals surface area (Å²) in [5, 5.41) is 3.37. The van der Waals surface area contributed by atoms with Gasteiger partial charge in [-0.25, -0.2) is 4.98 Å². The van der Waals surface area contributed by atoms with Crippen LogP contribution in [0.2, 0.25) is 0 Å². The molecule has 1 amide bonds. The van der Waals surface area contributed by atoms with Crippen LogP contribution >= 0.6 is 0 Å². The lowest BCUT2D eigenvalue weighted by Gasteiger charge is -2.49. The van der Waals surface area contributed by atoms with Gasteiger partial charge in [-0.05, 0) is 98.6 Å². The van der Waals surface area contributed by atoms with E-state index in [1.54, 1.807) is 0 Å². The number of nitrogens with two attached hydrogens (primary N) is 1. The molecule has 1 aliphatic heterocycles. The van der Waals surface area contributed by atoms with E-state index in [0.29, 0.717) is 16.5 Å². The van der Waals surface area contributed by atoms with Crippen molar-refractivity contribution < 1.29 is 4.79 Å². The Kier molecular flexibility index (Phi) is 4.15. The zero-order valence-electron chi connectivity index (χ0n) is 18.9. The number of hydrogen-bond acceptors (Lipinski definition) is 4. The predicted octanol–water partition coefficient (Wildman–Crippen LogP) is 3.20. The van der Waals surface area contributed by atoms with Gasteiger partial charge >= 0.3 is 0 Å². The van der Waals surface area contributed by atoms with Crippen LogP contribution in [-0.2, 0) is 6.54 Å². The minimum atomic E-state index is 0.0418. The van der Waals surface area contributed by atoms with E-state index in [-0.39, 0.29) is 11.9 Å². The van der Waals surface area contributed by atoms with Gasteiger partial charge in [0.15, 0.2) is 0 Å². The normalized spacial score (nSPS) is 39.9. The average molecular weight is 434 g/mol. The maximum Gasteiger partial charge on any atom is 0.268 e. The van der Waals surface area contributed by atoms with E-state index in [1.807, 2.05) is 28.8 Å². The Labute approximate surface area is 189 Å². The lowest BCUT2D eigenvalue weighted by molar-refractivity contribution is -0.00254. The van der Waals surface area contributed by atoms with Crippen molar-refractivity contribution in [2.24, 2.45) is 34.3 Å². The number of aromatic nitrogens is 2. The number of fused-ring (bicyclic) bond motifs is 3. The second-order valence-corrected chi connectivity index (χ2v) is 11.9. The number of imidazole rings is 1. The minimum Gasteiger partial charge on any atom is -0.350 e. The summed E-state index contributed by atoms with van der Waals surface area (Å²) in [6.45, 7) is 3.64. The van der Waals surface area contributed by atoms with Crippen molar-refractivity contribution in [1.29, 1.82) is 0 Å². The second-order valence-electron chi connectivity index (χ2n) is 11.9. The van der Waals surface area contributed by atoms with E-state index in [2.05, 4.69) is 10.2 Å². The van der Waals surface area contributed by atoms with Crippen molar-refractivity contribution in [2.75, 3.05) is 19.6 Å². The molecule has 3 N–H and O–H groups in total. The molecule has 5 aliphatic rings. The van der Waals surface area contributed by atoms with Crippen LogP contribution in [0, 0.1) is 28.6 Å². The van der Waals surface area contributed by atoms with Crippen molar-refractivity contribution in [3.8, 4) is 0 Å². The van der Waals surface area contributed by atoms with Gasteiger partial charge in [0.1, 0.15) is 11.3 Å². The first-order chi connectivity index (χ1) is 15.5. The molecular formula is C26H35N5O. The van der Waals surface area contributed by atoms with Crippen LogP contribution in [0.15, 0.2) is 24.4 Å². The lowest BCUT2D eigenvalue weighted by Crippen LogP contribution is -2.43. The van der Waals surface area contributed by atoms with Gasteiger partial charge in [-0.1, -0.05) is 6.07 Å². The minimum absolute atomic E-state index is 0.0418. The van der Waals surface area contributed by atoms with E-state index in [0.717, 1.165) is 68.1 Å². The van der Waals surface area contributed by atoms with Gasteiger partial charge in [0.25, 0.3) is 5.91 Å². The Hall–Kier alpha value is -1.92. The van der Waals surface area contributed by atoms with Crippen molar-refractivity contribution in [1.82, 2.24) is 19.6 Å². The molecule has 6 atom stereocenters. The molecule has 5 fully saturated rings. The molecule has 2 aromatic rings. The summed E-state index contributed by atoms with van der Waals surface area (Å²) in [6.07, 6.45) is 12.8. The number of piperidine rings is 1. The molecular weight excluding hydrogens is 398 g/mol. The Balaban J connectivity index is 1.08. The van der Waals surface area contributed by atoms with E-state index in [4.69, 9.17) is 10.7 Å². The third-order valence-corrected chi connectivity index (χ3v) is 9.91. The van der Waals surface area contributed by atoms with E-state index >= 15 is 0 Å². The Morgan fingerprint density at radius 1 is 1.22 bits per heavy atom. The van der Waals surface area contributed by atoms with Gasteiger partial charge in [0, 0.05) is 31.9 Å². The molecule has 7 rings (SSSR count). The third kappa shape index (κ3) is 2.84. The number of hydrogen-bond donors (Lipinski definition) is 2. The molecule has 2 aromatic heterocycles. The molecule has 1 saturated heterocycles. The summed E-state index contributed by atoms with van der Waals surface area (Å²) in [6, 6.07) is 6.14. The van der Waals surface area contributed by atoms with Crippen LogP contribution in [0.5, 0.6) is 0 Å². The summed E-state index contributed by atoms with van der Waals surface area (Å²) in [7, 11) is 0. The van der Waals surface area contributed by atoms with Gasteiger partial charge in [0.05, 0.1) is 5.69 Å². The summed E-state index contributed by atoms with van der Waals surface area (Å²) in [4.78, 5) is 20.5. The molecule has 4 aliphatic carbocycles. The highest BCUT2D eigenvalue weighted by atomic mass is 16.1. The molecule has 0 aromatic carbocycles. The molecule has 3 bridgehead atoms. The van der Waals surface area contributed by atoms with Crippen LogP contribution in [-0.4, -0.2) is 45.9 Å². The number of nitrogens with zero attached hydrogens (tertiary/aromatic N) is 3. The third-order valence-electron chi connectivity index (χ3n) is 9.91. The number of nitrogens with one attached hydrogen (secondary N) is 1. The quantitative estimate of drug-likeness (QED) is 0.759. The number of amides is 1. The summed E-state index contributed by atoms with van der Waals surface area (Å²) >= 11 is 0. The lowest BCUT2D eigenvalue weighted by atomic mass is 9.55. The number of pyridine rings is 1. The number of carbonyl (C=O) groups excluding carboxylic acids is 1. The number of likely N-dealkylation sites (tertiary alicyclic amines) is 1. The molecule has 6 nitrogen and oxygen atoms in total. The molecule has 1 spiro atoms. The highest BCUT2D eigenvalue weighted by molar-refractivity contribution is 5.93. The van der Waals surface area contributed by atoms with E-state index in [1.165, 1.54) is 38.5 Å². The average Bonchev–Trinajstić information content (AvgIpc) is 3.32. The van der Waals surface area contributed by atoms with Crippen molar-refractivity contribution in [3.63, 3.8) is 0 Å². The number of rotatable bonds is 5. The fourth-order valence-corrected chi connectivity index (χ4v) is 8.89. The topological polar surface area (TPSA) is 75.7 Å². The summed E-state index contributed by atoms with van der Waals surface area (Å²) in [5.41, 5.74) is 9.74. The first-order valence-corrected chi connectivity index (χ1v) is 12.8.